The minimum absolute atomic E-state index is 0.129. The molecule has 0 radical (unpaired) electrons. The second kappa shape index (κ2) is 5.68. The fourth-order valence-corrected chi connectivity index (χ4v) is 5.53. The van der Waals surface area contributed by atoms with Gasteiger partial charge in [0.2, 0.25) is 10.0 Å². The summed E-state index contributed by atoms with van der Waals surface area (Å²) in [6.07, 6.45) is 5.00. The highest BCUT2D eigenvalue weighted by Crippen LogP contribution is 2.42. The number of aromatic nitrogens is 2. The van der Waals surface area contributed by atoms with Crippen molar-refractivity contribution < 1.29 is 8.42 Å². The van der Waals surface area contributed by atoms with Gasteiger partial charge in [0.1, 0.15) is 0 Å². The standard InChI is InChI=1S/C17H22N4O2S/c1-19-10-15(9-18-19)11-20-8-7-17(12-20)13-21(14-17)24(22,23)16-5-3-2-4-6-16/h2-6,9-10H,7-8,11-14H2,1H3. The predicted octanol–water partition coefficient (Wildman–Crippen LogP) is 1.32. The van der Waals surface area contributed by atoms with Gasteiger partial charge in [0, 0.05) is 50.4 Å². The largest absolute Gasteiger partial charge is 0.298 e. The molecule has 3 heterocycles. The number of hydrogen-bond acceptors (Lipinski definition) is 4. The highest BCUT2D eigenvalue weighted by atomic mass is 32.2. The molecular weight excluding hydrogens is 324 g/mol. The van der Waals surface area contributed by atoms with Gasteiger partial charge in [-0.25, -0.2) is 8.42 Å². The predicted molar refractivity (Wildman–Crippen MR) is 90.7 cm³/mol. The zero-order valence-electron chi connectivity index (χ0n) is 13.8. The average molecular weight is 346 g/mol. The van der Waals surface area contributed by atoms with Crippen LogP contribution in [-0.2, 0) is 23.6 Å². The maximum Gasteiger partial charge on any atom is 0.243 e. The van der Waals surface area contributed by atoms with Crippen molar-refractivity contribution in [3.63, 3.8) is 0 Å². The van der Waals surface area contributed by atoms with Gasteiger partial charge >= 0.3 is 0 Å². The molecule has 1 spiro atoms. The molecule has 128 valence electrons. The number of benzene rings is 1. The van der Waals surface area contributed by atoms with E-state index in [2.05, 4.69) is 10.00 Å². The third-order valence-corrected chi connectivity index (χ3v) is 6.89. The van der Waals surface area contributed by atoms with Gasteiger partial charge in [0.05, 0.1) is 11.1 Å². The van der Waals surface area contributed by atoms with Gasteiger partial charge in [-0.2, -0.15) is 9.40 Å². The van der Waals surface area contributed by atoms with Crippen LogP contribution in [0.2, 0.25) is 0 Å². The number of hydrogen-bond donors (Lipinski definition) is 0. The molecule has 0 amide bonds. The number of rotatable bonds is 4. The first-order chi connectivity index (χ1) is 11.5. The van der Waals surface area contributed by atoms with Gasteiger partial charge < -0.3 is 0 Å². The number of likely N-dealkylation sites (tertiary alicyclic amines) is 1. The van der Waals surface area contributed by atoms with Gasteiger partial charge in [-0.15, -0.1) is 0 Å². The normalized spacial score (nSPS) is 21.2. The molecule has 0 saturated carbocycles. The molecule has 2 aromatic rings. The highest BCUT2D eigenvalue weighted by molar-refractivity contribution is 7.89. The van der Waals surface area contributed by atoms with Crippen molar-refractivity contribution in [1.82, 2.24) is 19.0 Å². The van der Waals surface area contributed by atoms with Gasteiger partial charge in [-0.3, -0.25) is 9.58 Å². The van der Waals surface area contributed by atoms with Crippen LogP contribution in [0.4, 0.5) is 0 Å². The topological polar surface area (TPSA) is 58.4 Å². The van der Waals surface area contributed by atoms with Crippen LogP contribution in [0.15, 0.2) is 47.6 Å². The Labute approximate surface area is 142 Å². The molecule has 0 bridgehead atoms. The molecule has 0 atom stereocenters. The quantitative estimate of drug-likeness (QED) is 0.838. The third kappa shape index (κ3) is 2.76. The van der Waals surface area contributed by atoms with Crippen LogP contribution >= 0.6 is 0 Å². The number of aryl methyl sites for hydroxylation is 1. The van der Waals surface area contributed by atoms with Crippen LogP contribution in [0.25, 0.3) is 0 Å². The first-order valence-electron chi connectivity index (χ1n) is 8.22. The lowest BCUT2D eigenvalue weighted by Crippen LogP contribution is -2.59. The molecule has 24 heavy (non-hydrogen) atoms. The van der Waals surface area contributed by atoms with E-state index in [-0.39, 0.29) is 5.41 Å². The van der Waals surface area contributed by atoms with Crippen molar-refractivity contribution in [3.8, 4) is 0 Å². The van der Waals surface area contributed by atoms with E-state index in [0.717, 1.165) is 26.1 Å². The molecule has 7 heteroatoms. The monoisotopic (exact) mass is 346 g/mol. The van der Waals surface area contributed by atoms with Crippen LogP contribution in [-0.4, -0.2) is 53.6 Å². The van der Waals surface area contributed by atoms with Gasteiger partial charge in [0.25, 0.3) is 0 Å². The van der Waals surface area contributed by atoms with E-state index >= 15 is 0 Å². The van der Waals surface area contributed by atoms with Crippen LogP contribution < -0.4 is 0 Å². The van der Waals surface area contributed by atoms with E-state index in [0.29, 0.717) is 18.0 Å². The minimum Gasteiger partial charge on any atom is -0.298 e. The Morgan fingerprint density at radius 2 is 1.92 bits per heavy atom. The van der Waals surface area contributed by atoms with E-state index in [1.165, 1.54) is 5.56 Å². The molecule has 4 rings (SSSR count). The Hall–Kier alpha value is -1.70. The fourth-order valence-electron chi connectivity index (χ4n) is 3.85. The molecular formula is C17H22N4O2S. The molecule has 2 fully saturated rings. The van der Waals surface area contributed by atoms with Gasteiger partial charge in [-0.05, 0) is 25.1 Å². The molecule has 0 N–H and O–H groups in total. The third-order valence-electron chi connectivity index (χ3n) is 5.09. The Morgan fingerprint density at radius 1 is 1.17 bits per heavy atom. The SMILES string of the molecule is Cn1cc(CN2CCC3(C2)CN(S(=O)(=O)c2ccccc2)C3)cn1. The zero-order valence-corrected chi connectivity index (χ0v) is 14.6. The molecule has 2 aliphatic rings. The molecule has 1 aromatic heterocycles. The van der Waals surface area contributed by atoms with Gasteiger partial charge in [-0.1, -0.05) is 18.2 Å². The summed E-state index contributed by atoms with van der Waals surface area (Å²) >= 11 is 0. The van der Waals surface area contributed by atoms with E-state index < -0.39 is 10.0 Å². The second-order valence-corrected chi connectivity index (χ2v) is 9.01. The lowest BCUT2D eigenvalue weighted by molar-refractivity contribution is 0.0770. The molecule has 0 aliphatic carbocycles. The van der Waals surface area contributed by atoms with E-state index in [4.69, 9.17) is 0 Å². The van der Waals surface area contributed by atoms with Crippen molar-refractivity contribution in [2.24, 2.45) is 12.5 Å². The molecule has 6 nitrogen and oxygen atoms in total. The van der Waals surface area contributed by atoms with Crippen LogP contribution in [0.5, 0.6) is 0 Å². The summed E-state index contributed by atoms with van der Waals surface area (Å²) in [6, 6.07) is 8.72. The Kier molecular flexibility index (Phi) is 3.74. The minimum atomic E-state index is -3.34. The van der Waals surface area contributed by atoms with Crippen molar-refractivity contribution in [2.75, 3.05) is 26.2 Å². The fraction of sp³-hybridized carbons (Fsp3) is 0.471. The lowest BCUT2D eigenvalue weighted by atomic mass is 9.81. The van der Waals surface area contributed by atoms with Crippen molar-refractivity contribution >= 4 is 10.0 Å². The molecule has 2 saturated heterocycles. The summed E-state index contributed by atoms with van der Waals surface area (Å²) in [5, 5.41) is 4.21. The maximum atomic E-state index is 12.6. The Balaban J connectivity index is 1.39. The molecule has 2 aliphatic heterocycles. The summed E-state index contributed by atoms with van der Waals surface area (Å²) in [5.41, 5.74) is 1.34. The van der Waals surface area contributed by atoms with Crippen molar-refractivity contribution in [1.29, 1.82) is 0 Å². The summed E-state index contributed by atoms with van der Waals surface area (Å²) in [4.78, 5) is 2.80. The van der Waals surface area contributed by atoms with E-state index in [9.17, 15) is 8.42 Å². The number of nitrogens with zero attached hydrogens (tertiary/aromatic N) is 4. The molecule has 0 unspecified atom stereocenters. The summed E-state index contributed by atoms with van der Waals surface area (Å²) in [6.45, 7) is 4.14. The van der Waals surface area contributed by atoms with E-state index in [1.54, 1.807) is 28.6 Å². The summed E-state index contributed by atoms with van der Waals surface area (Å²) < 4.78 is 28.7. The van der Waals surface area contributed by atoms with Crippen molar-refractivity contribution in [2.45, 2.75) is 17.9 Å². The van der Waals surface area contributed by atoms with E-state index in [1.807, 2.05) is 30.2 Å². The Morgan fingerprint density at radius 3 is 2.58 bits per heavy atom. The van der Waals surface area contributed by atoms with Crippen LogP contribution in [0, 0.1) is 5.41 Å². The Bertz CT molecular complexity index is 825. The maximum absolute atomic E-state index is 12.6. The average Bonchev–Trinajstić information content (AvgIpc) is 3.14. The second-order valence-electron chi connectivity index (χ2n) is 7.07. The highest BCUT2D eigenvalue weighted by Gasteiger charge is 2.51. The first-order valence-corrected chi connectivity index (χ1v) is 9.66. The summed E-state index contributed by atoms with van der Waals surface area (Å²) in [5.74, 6) is 0. The van der Waals surface area contributed by atoms with Crippen LogP contribution in [0.3, 0.4) is 0 Å². The number of sulfonamides is 1. The lowest BCUT2D eigenvalue weighted by Gasteiger charge is -2.47. The first kappa shape index (κ1) is 15.8. The smallest absolute Gasteiger partial charge is 0.243 e. The van der Waals surface area contributed by atoms with Crippen molar-refractivity contribution in [3.05, 3.63) is 48.3 Å². The van der Waals surface area contributed by atoms with Crippen LogP contribution in [0.1, 0.15) is 12.0 Å². The zero-order chi connectivity index (χ0) is 16.8. The molecule has 1 aromatic carbocycles. The van der Waals surface area contributed by atoms with Gasteiger partial charge in [0.15, 0.2) is 0 Å². The summed E-state index contributed by atoms with van der Waals surface area (Å²) in [7, 11) is -1.41.